The molecule has 0 unspecified atom stereocenters. The van der Waals surface area contributed by atoms with E-state index in [1.807, 2.05) is 0 Å². The van der Waals surface area contributed by atoms with Crippen LogP contribution < -0.4 is 14.8 Å². The Kier molecular flexibility index (Phi) is 8.37. The lowest BCUT2D eigenvalue weighted by Crippen LogP contribution is -2.33. The van der Waals surface area contributed by atoms with E-state index >= 15 is 0 Å². The second kappa shape index (κ2) is 10.6. The molecule has 0 aliphatic rings. The molecule has 2 heterocycles. The van der Waals surface area contributed by atoms with Gasteiger partial charge in [-0.2, -0.15) is 18.2 Å². The average molecular weight is 469 g/mol. The summed E-state index contributed by atoms with van der Waals surface area (Å²) in [6.07, 6.45) is -4.64. The molecule has 0 aromatic carbocycles. The minimum Gasteiger partial charge on any atom is -0.478 e. The highest BCUT2D eigenvalue weighted by atomic mass is 19.4. The number of carbonyl (C=O) groups excluding carboxylic acids is 2. The Hall–Kier alpha value is -3.21. The highest BCUT2D eigenvalue weighted by molar-refractivity contribution is 5.95. The van der Waals surface area contributed by atoms with E-state index in [2.05, 4.69) is 20.0 Å². The standard InChI is InChI=1S/C22H26F3N3O5/c1-5-32-20-14(6-7-18(28-20)33-12-22(23,24)25)11-26-19(30)15-8-13(2)27-16(9-15)10-17(29)21(3,4)31/h6-9,31H,5,10-12H2,1-4H3,(H,26,30). The van der Waals surface area contributed by atoms with Gasteiger partial charge < -0.3 is 19.9 Å². The van der Waals surface area contributed by atoms with E-state index in [0.717, 1.165) is 0 Å². The van der Waals surface area contributed by atoms with E-state index < -0.39 is 30.1 Å². The number of ether oxygens (including phenoxy) is 2. The lowest BCUT2D eigenvalue weighted by atomic mass is 9.98. The highest BCUT2D eigenvalue weighted by Crippen LogP contribution is 2.23. The molecule has 11 heteroatoms. The summed E-state index contributed by atoms with van der Waals surface area (Å²) in [4.78, 5) is 32.9. The first kappa shape index (κ1) is 26.0. The fourth-order valence-corrected chi connectivity index (χ4v) is 2.70. The van der Waals surface area contributed by atoms with Crippen LogP contribution in [-0.4, -0.2) is 51.8 Å². The third-order valence-corrected chi connectivity index (χ3v) is 4.31. The minimum atomic E-state index is -4.50. The van der Waals surface area contributed by atoms with Crippen molar-refractivity contribution >= 4 is 11.7 Å². The second-order valence-corrected chi connectivity index (χ2v) is 7.78. The molecule has 180 valence electrons. The largest absolute Gasteiger partial charge is 0.478 e. The number of carbonyl (C=O) groups is 2. The molecule has 0 radical (unpaired) electrons. The molecule has 0 spiro atoms. The zero-order chi connectivity index (χ0) is 24.8. The quantitative estimate of drug-likeness (QED) is 0.550. The smallest absolute Gasteiger partial charge is 0.422 e. The predicted octanol–water partition coefficient (Wildman–Crippen LogP) is 2.94. The minimum absolute atomic E-state index is 0.0139. The summed E-state index contributed by atoms with van der Waals surface area (Å²) in [5.74, 6) is -1.11. The molecule has 2 N–H and O–H groups in total. The van der Waals surface area contributed by atoms with Crippen molar-refractivity contribution in [2.45, 2.75) is 52.4 Å². The van der Waals surface area contributed by atoms with Crippen LogP contribution in [0.4, 0.5) is 13.2 Å². The molecule has 0 atom stereocenters. The number of halogens is 3. The van der Waals surface area contributed by atoms with Crippen LogP contribution in [0.5, 0.6) is 11.8 Å². The number of hydrogen-bond acceptors (Lipinski definition) is 7. The molecule has 0 bridgehead atoms. The summed E-state index contributed by atoms with van der Waals surface area (Å²) >= 11 is 0. The van der Waals surface area contributed by atoms with E-state index in [0.29, 0.717) is 17.0 Å². The molecule has 2 aromatic rings. The van der Waals surface area contributed by atoms with E-state index in [-0.39, 0.29) is 36.9 Å². The predicted molar refractivity (Wildman–Crippen MR) is 112 cm³/mol. The zero-order valence-electron chi connectivity index (χ0n) is 18.7. The van der Waals surface area contributed by atoms with Crippen LogP contribution in [0.3, 0.4) is 0 Å². The first-order chi connectivity index (χ1) is 15.3. The van der Waals surface area contributed by atoms with Crippen molar-refractivity contribution in [1.29, 1.82) is 0 Å². The molecule has 0 aliphatic heterocycles. The van der Waals surface area contributed by atoms with Crippen molar-refractivity contribution in [3.63, 3.8) is 0 Å². The molecule has 2 rings (SSSR count). The van der Waals surface area contributed by atoms with Crippen molar-refractivity contribution in [3.05, 3.63) is 46.8 Å². The van der Waals surface area contributed by atoms with Crippen LogP contribution in [0.1, 0.15) is 48.1 Å². The number of pyridine rings is 2. The van der Waals surface area contributed by atoms with Gasteiger partial charge in [-0.15, -0.1) is 0 Å². The maximum absolute atomic E-state index is 12.7. The Labute approximate surface area is 189 Å². The van der Waals surface area contributed by atoms with E-state index in [1.165, 1.54) is 32.0 Å². The number of nitrogens with one attached hydrogen (secondary N) is 1. The van der Waals surface area contributed by atoms with Gasteiger partial charge in [0.2, 0.25) is 11.8 Å². The fraction of sp³-hybridized carbons (Fsp3) is 0.455. The number of aliphatic hydroxyl groups is 1. The molecule has 0 fully saturated rings. The maximum atomic E-state index is 12.7. The Bertz CT molecular complexity index is 1000. The number of aromatic nitrogens is 2. The van der Waals surface area contributed by atoms with E-state index in [9.17, 15) is 27.9 Å². The van der Waals surface area contributed by atoms with Crippen LogP contribution in [-0.2, 0) is 17.8 Å². The van der Waals surface area contributed by atoms with Crippen LogP contribution >= 0.6 is 0 Å². The van der Waals surface area contributed by atoms with Gasteiger partial charge in [-0.1, -0.05) is 0 Å². The lowest BCUT2D eigenvalue weighted by molar-refractivity contribution is -0.154. The average Bonchev–Trinajstić information content (AvgIpc) is 2.70. The topological polar surface area (TPSA) is 111 Å². The van der Waals surface area contributed by atoms with Gasteiger partial charge in [-0.3, -0.25) is 14.6 Å². The van der Waals surface area contributed by atoms with Crippen molar-refractivity contribution in [2.24, 2.45) is 0 Å². The third-order valence-electron chi connectivity index (χ3n) is 4.31. The Morgan fingerprint density at radius 3 is 2.42 bits per heavy atom. The van der Waals surface area contributed by atoms with Crippen LogP contribution in [0, 0.1) is 6.92 Å². The summed E-state index contributed by atoms with van der Waals surface area (Å²) in [6, 6.07) is 5.72. The summed E-state index contributed by atoms with van der Waals surface area (Å²) < 4.78 is 47.1. The van der Waals surface area contributed by atoms with Crippen molar-refractivity contribution in [1.82, 2.24) is 15.3 Å². The number of amides is 1. The molecular weight excluding hydrogens is 443 g/mol. The molecule has 33 heavy (non-hydrogen) atoms. The van der Waals surface area contributed by atoms with Gasteiger partial charge in [0.1, 0.15) is 5.60 Å². The van der Waals surface area contributed by atoms with Crippen molar-refractivity contribution in [3.8, 4) is 11.8 Å². The number of nitrogens with zero attached hydrogens (tertiary/aromatic N) is 2. The van der Waals surface area contributed by atoms with Crippen molar-refractivity contribution < 1.29 is 37.3 Å². The Morgan fingerprint density at radius 1 is 1.12 bits per heavy atom. The summed E-state index contributed by atoms with van der Waals surface area (Å²) in [5.41, 5.74) is 0.0379. The fourth-order valence-electron chi connectivity index (χ4n) is 2.70. The Morgan fingerprint density at radius 2 is 1.82 bits per heavy atom. The molecule has 0 saturated carbocycles. The van der Waals surface area contributed by atoms with Gasteiger partial charge in [-0.05, 0) is 45.9 Å². The van der Waals surface area contributed by atoms with Gasteiger partial charge in [0.25, 0.3) is 5.91 Å². The van der Waals surface area contributed by atoms with Gasteiger partial charge in [0.15, 0.2) is 12.4 Å². The van der Waals surface area contributed by atoms with Crippen LogP contribution in [0.2, 0.25) is 0 Å². The van der Waals surface area contributed by atoms with Gasteiger partial charge in [0, 0.05) is 35.1 Å². The highest BCUT2D eigenvalue weighted by Gasteiger charge is 2.29. The second-order valence-electron chi connectivity index (χ2n) is 7.78. The monoisotopic (exact) mass is 469 g/mol. The zero-order valence-corrected chi connectivity index (χ0v) is 18.7. The number of ketones is 1. The van der Waals surface area contributed by atoms with E-state index in [1.54, 1.807) is 19.9 Å². The lowest BCUT2D eigenvalue weighted by Gasteiger charge is -2.16. The van der Waals surface area contributed by atoms with Crippen LogP contribution in [0.15, 0.2) is 24.3 Å². The molecule has 1 amide bonds. The molecule has 8 nitrogen and oxygen atoms in total. The molecule has 0 aliphatic carbocycles. The summed E-state index contributed by atoms with van der Waals surface area (Å²) in [7, 11) is 0. The van der Waals surface area contributed by atoms with Gasteiger partial charge >= 0.3 is 6.18 Å². The molecule has 0 saturated heterocycles. The first-order valence-corrected chi connectivity index (χ1v) is 10.1. The number of alkyl halides is 3. The van der Waals surface area contributed by atoms with Gasteiger partial charge in [0.05, 0.1) is 13.0 Å². The maximum Gasteiger partial charge on any atom is 0.422 e. The Balaban J connectivity index is 2.12. The van der Waals surface area contributed by atoms with Crippen molar-refractivity contribution in [2.75, 3.05) is 13.2 Å². The number of rotatable bonds is 10. The summed E-state index contributed by atoms with van der Waals surface area (Å²) in [6.45, 7) is 4.82. The molecular formula is C22H26F3N3O5. The third kappa shape index (κ3) is 8.33. The van der Waals surface area contributed by atoms with E-state index in [4.69, 9.17) is 4.74 Å². The number of Topliss-reactive ketones (excluding diaryl/α,β-unsaturated/α-hetero) is 1. The number of hydrogen-bond donors (Lipinski definition) is 2. The SMILES string of the molecule is CCOc1nc(OCC(F)(F)F)ccc1CNC(=O)c1cc(C)nc(CC(=O)C(C)(C)O)c1. The summed E-state index contributed by atoms with van der Waals surface area (Å²) in [5, 5.41) is 12.5. The van der Waals surface area contributed by atoms with Gasteiger partial charge in [-0.25, -0.2) is 0 Å². The molecule has 2 aromatic heterocycles. The normalized spacial score (nSPS) is 11.8. The number of aryl methyl sites for hydroxylation is 1. The van der Waals surface area contributed by atoms with Crippen LogP contribution in [0.25, 0.3) is 0 Å². The first-order valence-electron chi connectivity index (χ1n) is 10.1.